The average molecular weight is 609 g/mol. The molecular formula is C32H36N2O10. The minimum atomic E-state index is -1.36. The molecule has 2 amide bonds. The molecule has 234 valence electrons. The van der Waals surface area contributed by atoms with Crippen molar-refractivity contribution in [1.29, 1.82) is 0 Å². The summed E-state index contributed by atoms with van der Waals surface area (Å²) in [5.74, 6) is -3.11. The van der Waals surface area contributed by atoms with Crippen molar-refractivity contribution in [2.45, 2.75) is 69.5 Å². The Bertz CT molecular complexity index is 1380. The van der Waals surface area contributed by atoms with Crippen LogP contribution in [0.1, 0.15) is 44.2 Å². The summed E-state index contributed by atoms with van der Waals surface area (Å²) < 4.78 is 33.5. The Morgan fingerprint density at radius 2 is 1.57 bits per heavy atom. The minimum Gasteiger partial charge on any atom is -0.463 e. The van der Waals surface area contributed by atoms with Crippen molar-refractivity contribution >= 4 is 23.9 Å². The van der Waals surface area contributed by atoms with E-state index in [0.29, 0.717) is 0 Å². The smallest absolute Gasteiger partial charge is 0.407 e. The van der Waals surface area contributed by atoms with Gasteiger partial charge in [-0.15, -0.1) is 0 Å². The molecule has 0 aromatic heterocycles. The molecule has 5 rings (SSSR count). The number of nitrogens with one attached hydrogen (secondary N) is 2. The molecule has 0 bridgehead atoms. The number of esters is 2. The molecule has 0 saturated carbocycles. The van der Waals surface area contributed by atoms with E-state index in [2.05, 4.69) is 17.2 Å². The van der Waals surface area contributed by atoms with E-state index in [1.165, 1.54) is 13.0 Å². The van der Waals surface area contributed by atoms with Crippen LogP contribution in [0.2, 0.25) is 0 Å². The number of alkyl carbamates (subject to hydrolysis) is 1. The Balaban J connectivity index is 1.22. The fourth-order valence-corrected chi connectivity index (χ4v) is 5.75. The maximum Gasteiger partial charge on any atom is 0.407 e. The normalized spacial score (nSPS) is 23.4. The molecule has 44 heavy (non-hydrogen) atoms. The second-order valence-electron chi connectivity index (χ2n) is 11.2. The fraction of sp³-hybridized carbons (Fsp3) is 0.438. The second kappa shape index (κ2) is 13.2. The highest BCUT2D eigenvalue weighted by Crippen LogP contribution is 2.44. The van der Waals surface area contributed by atoms with E-state index in [1.54, 1.807) is 13.8 Å². The molecule has 5 atom stereocenters. The molecule has 2 aromatic carbocycles. The summed E-state index contributed by atoms with van der Waals surface area (Å²) in [5, 5.41) is 5.16. The van der Waals surface area contributed by atoms with Crippen molar-refractivity contribution in [2.24, 2.45) is 0 Å². The monoisotopic (exact) mass is 608 g/mol. The number of hydrogen-bond donors (Lipinski definition) is 2. The SMILES string of the molecule is C=CCOC(=O)[C@H](CC(=O)N[C@@H]1O[C@H](COC(C)=O)[C@H]2OC(C)(C)O[C@H]21)NC(=O)OCC1c2ccccc2-c2ccccc21. The largest absolute Gasteiger partial charge is 0.463 e. The molecule has 2 aromatic rings. The zero-order valence-corrected chi connectivity index (χ0v) is 24.8. The lowest BCUT2D eigenvalue weighted by molar-refractivity contribution is -0.196. The van der Waals surface area contributed by atoms with Crippen LogP contribution in [0.25, 0.3) is 11.1 Å². The second-order valence-corrected chi connectivity index (χ2v) is 11.2. The molecule has 2 saturated heterocycles. The Kier molecular flexibility index (Phi) is 9.33. The molecule has 0 radical (unpaired) electrons. The van der Waals surface area contributed by atoms with Crippen molar-refractivity contribution in [3.8, 4) is 11.1 Å². The molecule has 3 aliphatic rings. The number of carbonyl (C=O) groups is 4. The van der Waals surface area contributed by atoms with Gasteiger partial charge in [0.25, 0.3) is 0 Å². The maximum absolute atomic E-state index is 13.1. The van der Waals surface area contributed by atoms with Crippen LogP contribution in [0, 0.1) is 0 Å². The summed E-state index contributed by atoms with van der Waals surface area (Å²) in [6.07, 6.45) is -2.95. The first-order valence-electron chi connectivity index (χ1n) is 14.4. The van der Waals surface area contributed by atoms with Gasteiger partial charge in [0.1, 0.15) is 44.2 Å². The highest BCUT2D eigenvalue weighted by atomic mass is 16.8. The van der Waals surface area contributed by atoms with E-state index in [9.17, 15) is 19.2 Å². The number of carbonyl (C=O) groups excluding carboxylic acids is 4. The van der Waals surface area contributed by atoms with E-state index < -0.39 is 66.7 Å². The third kappa shape index (κ3) is 6.93. The third-order valence-corrected chi connectivity index (χ3v) is 7.56. The third-order valence-electron chi connectivity index (χ3n) is 7.56. The lowest BCUT2D eigenvalue weighted by Crippen LogP contribution is -2.49. The average Bonchev–Trinajstić information content (AvgIpc) is 3.59. The summed E-state index contributed by atoms with van der Waals surface area (Å²) in [6.45, 7) is 8.05. The summed E-state index contributed by atoms with van der Waals surface area (Å²) in [7, 11) is 0. The van der Waals surface area contributed by atoms with Crippen molar-refractivity contribution in [3.05, 3.63) is 72.3 Å². The van der Waals surface area contributed by atoms with Crippen LogP contribution in [0.5, 0.6) is 0 Å². The molecule has 0 spiro atoms. The zero-order valence-electron chi connectivity index (χ0n) is 24.8. The van der Waals surface area contributed by atoms with Gasteiger partial charge in [-0.3, -0.25) is 9.59 Å². The van der Waals surface area contributed by atoms with Crippen LogP contribution in [-0.4, -0.2) is 80.1 Å². The number of benzene rings is 2. The van der Waals surface area contributed by atoms with E-state index in [4.69, 9.17) is 28.4 Å². The van der Waals surface area contributed by atoms with Crippen molar-refractivity contribution in [3.63, 3.8) is 0 Å². The summed E-state index contributed by atoms with van der Waals surface area (Å²) in [5.41, 5.74) is 4.22. The quantitative estimate of drug-likeness (QED) is 0.222. The minimum absolute atomic E-state index is 0.0241. The van der Waals surface area contributed by atoms with Gasteiger partial charge in [-0.25, -0.2) is 9.59 Å². The van der Waals surface area contributed by atoms with Gasteiger partial charge in [-0.2, -0.15) is 0 Å². The summed E-state index contributed by atoms with van der Waals surface area (Å²) >= 11 is 0. The van der Waals surface area contributed by atoms with E-state index in [0.717, 1.165) is 22.3 Å². The topological polar surface area (TPSA) is 148 Å². The number of hydrogen-bond acceptors (Lipinski definition) is 10. The molecule has 2 N–H and O–H groups in total. The van der Waals surface area contributed by atoms with Crippen LogP contribution in [0.4, 0.5) is 4.79 Å². The van der Waals surface area contributed by atoms with Crippen LogP contribution >= 0.6 is 0 Å². The first kappa shape index (κ1) is 31.2. The molecule has 2 aliphatic heterocycles. The maximum atomic E-state index is 13.1. The predicted octanol–water partition coefficient (Wildman–Crippen LogP) is 2.94. The Hall–Kier alpha value is -4.26. The van der Waals surface area contributed by atoms with Gasteiger partial charge in [0, 0.05) is 12.8 Å². The van der Waals surface area contributed by atoms with Gasteiger partial charge in [0.15, 0.2) is 12.0 Å². The molecular weight excluding hydrogens is 572 g/mol. The molecule has 0 unspecified atom stereocenters. The molecule has 2 fully saturated rings. The Labute approximate surface area is 255 Å². The van der Waals surface area contributed by atoms with Gasteiger partial charge < -0.3 is 39.1 Å². The van der Waals surface area contributed by atoms with Gasteiger partial charge in [0.05, 0.1) is 6.42 Å². The fourth-order valence-electron chi connectivity index (χ4n) is 5.75. The van der Waals surface area contributed by atoms with E-state index in [1.807, 2.05) is 48.5 Å². The molecule has 12 nitrogen and oxygen atoms in total. The Morgan fingerprint density at radius 3 is 2.20 bits per heavy atom. The number of ether oxygens (including phenoxy) is 6. The lowest BCUT2D eigenvalue weighted by atomic mass is 9.98. The van der Waals surface area contributed by atoms with Gasteiger partial charge in [-0.05, 0) is 36.1 Å². The number of rotatable bonds is 11. The lowest BCUT2D eigenvalue weighted by Gasteiger charge is -2.25. The van der Waals surface area contributed by atoms with Crippen LogP contribution in [-0.2, 0) is 42.8 Å². The van der Waals surface area contributed by atoms with E-state index >= 15 is 0 Å². The molecule has 1 aliphatic carbocycles. The highest BCUT2D eigenvalue weighted by molar-refractivity contribution is 5.88. The van der Waals surface area contributed by atoms with Crippen molar-refractivity contribution in [1.82, 2.24) is 10.6 Å². The van der Waals surface area contributed by atoms with Gasteiger partial charge in [-0.1, -0.05) is 61.2 Å². The van der Waals surface area contributed by atoms with Crippen LogP contribution in [0.3, 0.4) is 0 Å². The van der Waals surface area contributed by atoms with Crippen molar-refractivity contribution < 1.29 is 47.6 Å². The van der Waals surface area contributed by atoms with Crippen LogP contribution in [0.15, 0.2) is 61.2 Å². The van der Waals surface area contributed by atoms with Gasteiger partial charge >= 0.3 is 18.0 Å². The standard InChI is InChI=1S/C32H36N2O10/c1-5-14-39-30(37)24(15-26(36)34-29-28-27(43-32(3,4)44-28)25(42-29)17-40-18(2)35)33-31(38)41-16-23-21-12-8-6-10-19(21)20-11-7-9-13-22(20)23/h5-13,23-25,27-29H,1,14-17H2,2-4H3,(H,33,38)(H,34,36)/t24-,25+,27+,28+,29+/m0/s1. The first-order chi connectivity index (χ1) is 21.1. The number of fused-ring (bicyclic) bond motifs is 4. The van der Waals surface area contributed by atoms with Crippen molar-refractivity contribution in [2.75, 3.05) is 19.8 Å². The highest BCUT2D eigenvalue weighted by Gasteiger charge is 2.56. The zero-order chi connectivity index (χ0) is 31.4. The predicted molar refractivity (Wildman–Crippen MR) is 155 cm³/mol. The number of amides is 2. The molecule has 12 heteroatoms. The Morgan fingerprint density at radius 1 is 0.932 bits per heavy atom. The van der Waals surface area contributed by atoms with Crippen LogP contribution < -0.4 is 10.6 Å². The van der Waals surface area contributed by atoms with Gasteiger partial charge in [0.2, 0.25) is 5.91 Å². The summed E-state index contributed by atoms with van der Waals surface area (Å²) in [4.78, 5) is 50.2. The summed E-state index contributed by atoms with van der Waals surface area (Å²) in [6, 6.07) is 14.5. The van der Waals surface area contributed by atoms with E-state index in [-0.39, 0.29) is 25.7 Å². The first-order valence-corrected chi connectivity index (χ1v) is 14.4. The molecule has 2 heterocycles.